The SMILES string of the molecule is CCCCCCNC(=O)C=C1CC(C)(C)N(C)C(C)(C)C1. The quantitative estimate of drug-likeness (QED) is 0.595. The second-order valence-corrected chi connectivity index (χ2v) is 7.69. The fourth-order valence-corrected chi connectivity index (χ4v) is 3.33. The topological polar surface area (TPSA) is 32.3 Å². The van der Waals surface area contributed by atoms with Crippen LogP contribution in [0.2, 0.25) is 0 Å². The maximum Gasteiger partial charge on any atom is 0.243 e. The summed E-state index contributed by atoms with van der Waals surface area (Å²) in [6.45, 7) is 12.0. The fourth-order valence-electron chi connectivity index (χ4n) is 3.33. The molecule has 0 aromatic rings. The molecule has 1 aliphatic rings. The highest BCUT2D eigenvalue weighted by molar-refractivity contribution is 5.88. The first-order valence-electron chi connectivity index (χ1n) is 8.40. The number of carbonyl (C=O) groups is 1. The molecule has 0 radical (unpaired) electrons. The van der Waals surface area contributed by atoms with Gasteiger partial charge in [0.25, 0.3) is 0 Å². The van der Waals surface area contributed by atoms with Crippen LogP contribution in [0, 0.1) is 0 Å². The second kappa shape index (κ2) is 7.44. The predicted octanol–water partition coefficient (Wildman–Crippen LogP) is 3.89. The lowest BCUT2D eigenvalue weighted by atomic mass is 9.77. The summed E-state index contributed by atoms with van der Waals surface area (Å²) in [6, 6.07) is 0. The van der Waals surface area contributed by atoms with E-state index < -0.39 is 0 Å². The first-order chi connectivity index (χ1) is 9.69. The normalized spacial score (nSPS) is 21.1. The number of nitrogens with one attached hydrogen (secondary N) is 1. The summed E-state index contributed by atoms with van der Waals surface area (Å²) in [6.07, 6.45) is 8.56. The van der Waals surface area contributed by atoms with Gasteiger partial charge in [-0.3, -0.25) is 9.69 Å². The Morgan fingerprint density at radius 1 is 1.14 bits per heavy atom. The molecule has 0 spiro atoms. The van der Waals surface area contributed by atoms with Gasteiger partial charge in [0.15, 0.2) is 0 Å². The van der Waals surface area contributed by atoms with Gasteiger partial charge in [-0.05, 0) is 54.0 Å². The number of hydrogen-bond donors (Lipinski definition) is 1. The van der Waals surface area contributed by atoms with Gasteiger partial charge in [-0.1, -0.05) is 31.8 Å². The molecular formula is C18H34N2O. The van der Waals surface area contributed by atoms with E-state index in [1.54, 1.807) is 0 Å². The van der Waals surface area contributed by atoms with Crippen molar-refractivity contribution in [3.8, 4) is 0 Å². The molecule has 1 heterocycles. The third-order valence-corrected chi connectivity index (χ3v) is 4.80. The Morgan fingerprint density at radius 2 is 1.71 bits per heavy atom. The van der Waals surface area contributed by atoms with Crippen LogP contribution in [0.3, 0.4) is 0 Å². The van der Waals surface area contributed by atoms with Crippen molar-refractivity contribution >= 4 is 5.91 Å². The summed E-state index contributed by atoms with van der Waals surface area (Å²) in [4.78, 5) is 14.5. The van der Waals surface area contributed by atoms with E-state index in [-0.39, 0.29) is 17.0 Å². The first-order valence-corrected chi connectivity index (χ1v) is 8.40. The number of likely N-dealkylation sites (tertiary alicyclic amines) is 1. The van der Waals surface area contributed by atoms with Crippen LogP contribution >= 0.6 is 0 Å². The summed E-state index contributed by atoms with van der Waals surface area (Å²) < 4.78 is 0. The van der Waals surface area contributed by atoms with Gasteiger partial charge in [0.1, 0.15) is 0 Å². The molecule has 1 aliphatic heterocycles. The van der Waals surface area contributed by atoms with Crippen molar-refractivity contribution in [1.82, 2.24) is 10.2 Å². The van der Waals surface area contributed by atoms with E-state index in [1.165, 1.54) is 24.8 Å². The van der Waals surface area contributed by atoms with E-state index in [0.717, 1.165) is 25.8 Å². The Kier molecular flexibility index (Phi) is 6.45. The molecule has 0 unspecified atom stereocenters. The molecule has 21 heavy (non-hydrogen) atoms. The predicted molar refractivity (Wildman–Crippen MR) is 90.4 cm³/mol. The molecule has 1 fully saturated rings. The van der Waals surface area contributed by atoms with Crippen LogP contribution in [-0.2, 0) is 4.79 Å². The highest BCUT2D eigenvalue weighted by Gasteiger charge is 2.40. The molecule has 122 valence electrons. The summed E-state index contributed by atoms with van der Waals surface area (Å²) >= 11 is 0. The lowest BCUT2D eigenvalue weighted by Crippen LogP contribution is -2.56. The smallest absolute Gasteiger partial charge is 0.243 e. The Morgan fingerprint density at radius 3 is 2.24 bits per heavy atom. The fraction of sp³-hybridized carbons (Fsp3) is 0.833. The number of nitrogens with zero attached hydrogens (tertiary/aromatic N) is 1. The molecule has 1 saturated heterocycles. The molecule has 0 aromatic heterocycles. The molecule has 3 heteroatoms. The van der Waals surface area contributed by atoms with Gasteiger partial charge in [-0.2, -0.15) is 0 Å². The molecule has 0 aliphatic carbocycles. The van der Waals surface area contributed by atoms with Crippen LogP contribution in [0.25, 0.3) is 0 Å². The first kappa shape index (κ1) is 18.2. The summed E-state index contributed by atoms with van der Waals surface area (Å²) in [7, 11) is 2.19. The highest BCUT2D eigenvalue weighted by Crippen LogP contribution is 2.39. The summed E-state index contributed by atoms with van der Waals surface area (Å²) in [5.41, 5.74) is 1.48. The monoisotopic (exact) mass is 294 g/mol. The van der Waals surface area contributed by atoms with E-state index in [9.17, 15) is 4.79 Å². The molecule has 0 saturated carbocycles. The Bertz CT molecular complexity index is 363. The number of piperidine rings is 1. The van der Waals surface area contributed by atoms with Crippen LogP contribution < -0.4 is 5.32 Å². The van der Waals surface area contributed by atoms with Crippen LogP contribution in [0.4, 0.5) is 0 Å². The van der Waals surface area contributed by atoms with E-state index >= 15 is 0 Å². The van der Waals surface area contributed by atoms with Gasteiger partial charge in [0, 0.05) is 23.7 Å². The van der Waals surface area contributed by atoms with E-state index in [4.69, 9.17) is 0 Å². The molecule has 1 rings (SSSR count). The van der Waals surface area contributed by atoms with Gasteiger partial charge < -0.3 is 5.32 Å². The largest absolute Gasteiger partial charge is 0.353 e. The molecular weight excluding hydrogens is 260 g/mol. The van der Waals surface area contributed by atoms with Gasteiger partial charge in [-0.15, -0.1) is 0 Å². The van der Waals surface area contributed by atoms with Crippen molar-refractivity contribution < 1.29 is 4.79 Å². The van der Waals surface area contributed by atoms with Crippen LogP contribution in [0.15, 0.2) is 11.6 Å². The van der Waals surface area contributed by atoms with Crippen molar-refractivity contribution in [2.24, 2.45) is 0 Å². The molecule has 0 atom stereocenters. The van der Waals surface area contributed by atoms with Gasteiger partial charge in [-0.25, -0.2) is 0 Å². The third kappa shape index (κ3) is 5.46. The number of hydrogen-bond acceptors (Lipinski definition) is 2. The average molecular weight is 294 g/mol. The Labute approximate surface area is 131 Å². The highest BCUT2D eigenvalue weighted by atomic mass is 16.1. The van der Waals surface area contributed by atoms with E-state index in [0.29, 0.717) is 0 Å². The molecule has 0 bridgehead atoms. The number of unbranched alkanes of at least 4 members (excludes halogenated alkanes) is 3. The van der Waals surface area contributed by atoms with Gasteiger partial charge in [0.2, 0.25) is 5.91 Å². The van der Waals surface area contributed by atoms with Crippen LogP contribution in [-0.4, -0.2) is 35.5 Å². The molecule has 0 aromatic carbocycles. The maximum absolute atomic E-state index is 12.0. The van der Waals surface area contributed by atoms with Crippen molar-refractivity contribution in [3.05, 3.63) is 11.6 Å². The zero-order valence-corrected chi connectivity index (χ0v) is 14.9. The minimum absolute atomic E-state index is 0.0812. The zero-order valence-electron chi connectivity index (χ0n) is 14.9. The minimum Gasteiger partial charge on any atom is -0.353 e. The molecule has 1 amide bonds. The molecule has 1 N–H and O–H groups in total. The van der Waals surface area contributed by atoms with Crippen molar-refractivity contribution in [2.45, 2.75) is 84.2 Å². The van der Waals surface area contributed by atoms with E-state index in [2.05, 4.69) is 51.9 Å². The van der Waals surface area contributed by atoms with Crippen LogP contribution in [0.5, 0.6) is 0 Å². The average Bonchev–Trinajstić information content (AvgIpc) is 2.35. The maximum atomic E-state index is 12.0. The lowest BCUT2D eigenvalue weighted by molar-refractivity contribution is -0.116. The number of rotatable bonds is 6. The second-order valence-electron chi connectivity index (χ2n) is 7.69. The van der Waals surface area contributed by atoms with Crippen molar-refractivity contribution in [1.29, 1.82) is 0 Å². The Hall–Kier alpha value is -0.830. The molecule has 3 nitrogen and oxygen atoms in total. The minimum atomic E-state index is 0.0812. The number of amides is 1. The van der Waals surface area contributed by atoms with Crippen molar-refractivity contribution in [3.63, 3.8) is 0 Å². The van der Waals surface area contributed by atoms with Crippen LogP contribution in [0.1, 0.15) is 73.1 Å². The van der Waals surface area contributed by atoms with Crippen molar-refractivity contribution in [2.75, 3.05) is 13.6 Å². The van der Waals surface area contributed by atoms with Gasteiger partial charge >= 0.3 is 0 Å². The zero-order chi connectivity index (χ0) is 16.1. The van der Waals surface area contributed by atoms with Gasteiger partial charge in [0.05, 0.1) is 0 Å². The number of carbonyl (C=O) groups excluding carboxylic acids is 1. The Balaban J connectivity index is 2.54. The summed E-state index contributed by atoms with van der Waals surface area (Å²) in [5, 5.41) is 3.03. The third-order valence-electron chi connectivity index (χ3n) is 4.80. The summed E-state index contributed by atoms with van der Waals surface area (Å²) in [5.74, 6) is 0.0812. The standard InChI is InChI=1S/C18H34N2O/c1-7-8-9-10-11-19-16(21)12-15-13-17(2,3)20(6)18(4,5)14-15/h12H,7-11,13-14H2,1-6H3,(H,19,21). The van der Waals surface area contributed by atoms with E-state index in [1.807, 2.05) is 6.08 Å². The lowest BCUT2D eigenvalue weighted by Gasteiger charge is -2.51.